The molecule has 0 saturated carbocycles. The molecule has 156 valence electrons. The number of likely N-dealkylation sites (tertiary alicyclic amines) is 1. The Bertz CT molecular complexity index is 1020. The minimum Gasteiger partial charge on any atom is -0.482 e. The van der Waals surface area contributed by atoms with E-state index < -0.39 is 5.97 Å². The van der Waals surface area contributed by atoms with E-state index in [1.807, 2.05) is 42.5 Å². The van der Waals surface area contributed by atoms with E-state index >= 15 is 0 Å². The average molecular weight is 427 g/mol. The Balaban J connectivity index is 1.47. The molecule has 6 nitrogen and oxygen atoms in total. The summed E-state index contributed by atoms with van der Waals surface area (Å²) in [6, 6.07) is 15.3. The number of rotatable bonds is 8. The van der Waals surface area contributed by atoms with Gasteiger partial charge in [-0.2, -0.15) is 0 Å². The smallest absolute Gasteiger partial charge is 0.341 e. The summed E-state index contributed by atoms with van der Waals surface area (Å²) >= 11 is 6.26. The van der Waals surface area contributed by atoms with Crippen LogP contribution in [0.5, 0.6) is 5.75 Å². The maximum atomic E-state index is 10.9. The van der Waals surface area contributed by atoms with Gasteiger partial charge in [0.25, 0.3) is 0 Å². The third-order valence-electron chi connectivity index (χ3n) is 5.24. The molecule has 7 heteroatoms. The van der Waals surface area contributed by atoms with Gasteiger partial charge in [-0.05, 0) is 37.1 Å². The summed E-state index contributed by atoms with van der Waals surface area (Å²) in [4.78, 5) is 17.7. The number of ether oxygens (including phenoxy) is 1. The van der Waals surface area contributed by atoms with Crippen LogP contribution in [-0.4, -0.2) is 34.1 Å². The minimum atomic E-state index is -0.991. The Hall–Kier alpha value is -2.83. The van der Waals surface area contributed by atoms with Gasteiger partial charge in [0, 0.05) is 23.6 Å². The van der Waals surface area contributed by atoms with Crippen LogP contribution in [0.3, 0.4) is 0 Å². The van der Waals surface area contributed by atoms with Crippen molar-refractivity contribution in [2.75, 3.05) is 13.2 Å². The highest BCUT2D eigenvalue weighted by molar-refractivity contribution is 6.31. The number of hydrogen-bond donors (Lipinski definition) is 1. The molecule has 0 spiro atoms. The lowest BCUT2D eigenvalue weighted by molar-refractivity contribution is -0.139. The molecule has 2 heterocycles. The summed E-state index contributed by atoms with van der Waals surface area (Å²) < 4.78 is 11.5. The van der Waals surface area contributed by atoms with Crippen LogP contribution in [0.25, 0.3) is 0 Å². The minimum absolute atomic E-state index is 0.0810. The van der Waals surface area contributed by atoms with Gasteiger partial charge in [-0.1, -0.05) is 48.0 Å². The molecule has 1 aliphatic heterocycles. The van der Waals surface area contributed by atoms with Crippen molar-refractivity contribution >= 4 is 17.6 Å². The first kappa shape index (κ1) is 20.4. The van der Waals surface area contributed by atoms with Crippen molar-refractivity contribution < 1.29 is 19.1 Å². The van der Waals surface area contributed by atoms with Gasteiger partial charge in [-0.25, -0.2) is 9.78 Å². The fraction of sp³-hybridized carbons (Fsp3) is 0.304. The monoisotopic (exact) mass is 426 g/mol. The molecule has 3 aromatic rings. The lowest BCUT2D eigenvalue weighted by atomic mass is 10.1. The molecular formula is C23H23ClN2O4. The maximum Gasteiger partial charge on any atom is 0.341 e. The zero-order valence-electron chi connectivity index (χ0n) is 16.5. The lowest BCUT2D eigenvalue weighted by Crippen LogP contribution is -2.23. The van der Waals surface area contributed by atoms with Crippen molar-refractivity contribution in [2.24, 2.45) is 0 Å². The van der Waals surface area contributed by atoms with Crippen LogP contribution in [0.1, 0.15) is 41.7 Å². The van der Waals surface area contributed by atoms with E-state index in [2.05, 4.69) is 9.88 Å². The third-order valence-corrected chi connectivity index (χ3v) is 5.61. The molecule has 0 radical (unpaired) electrons. The fourth-order valence-corrected chi connectivity index (χ4v) is 4.02. The average Bonchev–Trinajstić information content (AvgIpc) is 3.38. The summed E-state index contributed by atoms with van der Waals surface area (Å²) in [6.45, 7) is 1.20. The van der Waals surface area contributed by atoms with E-state index in [4.69, 9.17) is 25.9 Å². The molecule has 1 atom stereocenters. The number of aromatic nitrogens is 1. The first-order valence-electron chi connectivity index (χ1n) is 9.94. The van der Waals surface area contributed by atoms with Crippen molar-refractivity contribution in [3.8, 4) is 5.75 Å². The van der Waals surface area contributed by atoms with Crippen LogP contribution in [0.15, 0.2) is 59.1 Å². The molecule has 1 aliphatic rings. The molecule has 1 aromatic heterocycles. The molecule has 1 fully saturated rings. The number of carboxylic acid groups (broad SMARTS) is 1. The van der Waals surface area contributed by atoms with E-state index in [1.54, 1.807) is 12.3 Å². The lowest BCUT2D eigenvalue weighted by Gasteiger charge is -2.23. The normalized spacial score (nSPS) is 16.6. The summed E-state index contributed by atoms with van der Waals surface area (Å²) in [7, 11) is 0. The number of carboxylic acids is 1. The van der Waals surface area contributed by atoms with Crippen LogP contribution >= 0.6 is 11.6 Å². The summed E-state index contributed by atoms with van der Waals surface area (Å²) in [5.41, 5.74) is 1.96. The molecule has 1 N–H and O–H groups in total. The van der Waals surface area contributed by atoms with E-state index in [9.17, 15) is 4.79 Å². The van der Waals surface area contributed by atoms with Gasteiger partial charge < -0.3 is 14.3 Å². The molecule has 0 aliphatic carbocycles. The van der Waals surface area contributed by atoms with Crippen LogP contribution < -0.4 is 4.74 Å². The molecular weight excluding hydrogens is 404 g/mol. The van der Waals surface area contributed by atoms with E-state index in [0.717, 1.165) is 41.3 Å². The number of para-hydroxylation sites is 1. The highest BCUT2D eigenvalue weighted by Crippen LogP contribution is 2.34. The highest BCUT2D eigenvalue weighted by Gasteiger charge is 2.30. The third kappa shape index (κ3) is 4.83. The Kier molecular flexibility index (Phi) is 6.35. The van der Waals surface area contributed by atoms with Crippen molar-refractivity contribution in [3.05, 3.63) is 82.5 Å². The maximum absolute atomic E-state index is 10.9. The van der Waals surface area contributed by atoms with Gasteiger partial charge in [0.15, 0.2) is 6.61 Å². The molecule has 2 aromatic carbocycles. The number of halogens is 1. The second kappa shape index (κ2) is 9.32. The van der Waals surface area contributed by atoms with E-state index in [-0.39, 0.29) is 12.6 Å². The molecule has 30 heavy (non-hydrogen) atoms. The van der Waals surface area contributed by atoms with E-state index in [1.165, 1.54) is 0 Å². The van der Waals surface area contributed by atoms with Crippen LogP contribution in [0.2, 0.25) is 5.02 Å². The van der Waals surface area contributed by atoms with Crippen LogP contribution in [0.4, 0.5) is 0 Å². The van der Waals surface area contributed by atoms with Gasteiger partial charge >= 0.3 is 5.97 Å². The number of oxazole rings is 1. The molecule has 0 bridgehead atoms. The van der Waals surface area contributed by atoms with Crippen molar-refractivity contribution in [3.63, 3.8) is 0 Å². The summed E-state index contributed by atoms with van der Waals surface area (Å²) in [6.07, 6.45) is 4.39. The van der Waals surface area contributed by atoms with Gasteiger partial charge in [0.2, 0.25) is 5.89 Å². The summed E-state index contributed by atoms with van der Waals surface area (Å²) in [5.74, 6) is 1.10. The number of benzene rings is 2. The quantitative estimate of drug-likeness (QED) is 0.561. The van der Waals surface area contributed by atoms with Gasteiger partial charge in [0.1, 0.15) is 11.5 Å². The topological polar surface area (TPSA) is 75.8 Å². The Morgan fingerprint density at radius 3 is 2.77 bits per heavy atom. The number of hydrogen-bond acceptors (Lipinski definition) is 5. The van der Waals surface area contributed by atoms with Gasteiger partial charge in [0.05, 0.1) is 12.2 Å². The molecule has 1 unspecified atom stereocenters. The standard InChI is InChI=1S/C23H23ClN2O4/c24-19-8-3-1-6-16(19)12-18-13-25-23(30-18)20-9-5-11-26(20)14-17-7-2-4-10-21(17)29-15-22(27)28/h1-4,6-8,10,13,20H,5,9,11-12,14-15H2,(H,27,28). The highest BCUT2D eigenvalue weighted by atomic mass is 35.5. The Labute approximate surface area is 180 Å². The van der Waals surface area contributed by atoms with Crippen molar-refractivity contribution in [1.82, 2.24) is 9.88 Å². The van der Waals surface area contributed by atoms with Crippen molar-refractivity contribution in [2.45, 2.75) is 31.8 Å². The van der Waals surface area contributed by atoms with Gasteiger partial charge in [-0.3, -0.25) is 4.90 Å². The first-order valence-corrected chi connectivity index (χ1v) is 10.3. The predicted molar refractivity (Wildman–Crippen MR) is 113 cm³/mol. The molecule has 0 amide bonds. The SMILES string of the molecule is O=C(O)COc1ccccc1CN1CCCC1c1ncc(Cc2ccccc2Cl)o1. The Morgan fingerprint density at radius 1 is 1.20 bits per heavy atom. The summed E-state index contributed by atoms with van der Waals surface area (Å²) in [5, 5.41) is 9.62. The zero-order valence-corrected chi connectivity index (χ0v) is 17.2. The second-order valence-electron chi connectivity index (χ2n) is 7.35. The zero-order chi connectivity index (χ0) is 20.9. The van der Waals surface area contributed by atoms with Crippen LogP contribution in [-0.2, 0) is 17.8 Å². The van der Waals surface area contributed by atoms with Crippen LogP contribution in [0, 0.1) is 0 Å². The van der Waals surface area contributed by atoms with Crippen molar-refractivity contribution in [1.29, 1.82) is 0 Å². The Morgan fingerprint density at radius 2 is 1.97 bits per heavy atom. The number of aliphatic carboxylic acids is 1. The first-order chi connectivity index (χ1) is 14.6. The number of nitrogens with zero attached hydrogens (tertiary/aromatic N) is 2. The molecule has 4 rings (SSSR count). The molecule has 1 saturated heterocycles. The number of carbonyl (C=O) groups is 1. The second-order valence-corrected chi connectivity index (χ2v) is 7.76. The van der Waals surface area contributed by atoms with E-state index in [0.29, 0.717) is 24.6 Å². The van der Waals surface area contributed by atoms with Gasteiger partial charge in [-0.15, -0.1) is 0 Å². The predicted octanol–water partition coefficient (Wildman–Crippen LogP) is 4.72. The fourth-order valence-electron chi connectivity index (χ4n) is 3.82. The largest absolute Gasteiger partial charge is 0.482 e.